The molecule has 2 rings (SSSR count). The molecule has 1 amide bonds. The van der Waals surface area contributed by atoms with E-state index in [0.717, 1.165) is 5.82 Å². The highest BCUT2D eigenvalue weighted by Gasteiger charge is 2.15. The third-order valence-corrected chi connectivity index (χ3v) is 3.04. The number of aromatic nitrogens is 2. The maximum atomic E-state index is 12.2. The van der Waals surface area contributed by atoms with Crippen molar-refractivity contribution in [3.8, 4) is 11.5 Å². The molecular formula is C14H17N3O3. The Kier molecular flexibility index (Phi) is 3.93. The summed E-state index contributed by atoms with van der Waals surface area (Å²) in [5, 5.41) is 12.4. The number of nitrogens with zero attached hydrogens (tertiary/aromatic N) is 2. The van der Waals surface area contributed by atoms with E-state index in [4.69, 9.17) is 4.74 Å². The predicted molar refractivity (Wildman–Crippen MR) is 73.7 cm³/mol. The number of imidazole rings is 1. The Bertz CT molecular complexity index is 622. The van der Waals surface area contributed by atoms with Crippen LogP contribution in [0.2, 0.25) is 0 Å². The summed E-state index contributed by atoms with van der Waals surface area (Å²) in [6.45, 7) is 1.86. The molecular weight excluding hydrogens is 258 g/mol. The molecule has 20 heavy (non-hydrogen) atoms. The summed E-state index contributed by atoms with van der Waals surface area (Å²) in [7, 11) is 3.31. The summed E-state index contributed by atoms with van der Waals surface area (Å²) >= 11 is 0. The smallest absolute Gasteiger partial charge is 0.251 e. The van der Waals surface area contributed by atoms with Crippen molar-refractivity contribution in [3.05, 3.63) is 42.0 Å². The van der Waals surface area contributed by atoms with Crippen LogP contribution in [0.25, 0.3) is 0 Å². The number of hydrogen-bond donors (Lipinski definition) is 2. The Hall–Kier alpha value is -2.50. The topological polar surface area (TPSA) is 76.4 Å². The van der Waals surface area contributed by atoms with Crippen molar-refractivity contribution in [2.75, 3.05) is 7.11 Å². The van der Waals surface area contributed by atoms with E-state index in [1.807, 2.05) is 24.7 Å². The van der Waals surface area contributed by atoms with Crippen LogP contribution in [0.15, 0.2) is 30.6 Å². The van der Waals surface area contributed by atoms with Crippen LogP contribution in [0, 0.1) is 0 Å². The number of nitrogens with one attached hydrogen (secondary N) is 1. The Morgan fingerprint density at radius 2 is 2.25 bits per heavy atom. The number of carbonyl (C=O) groups is 1. The number of rotatable bonds is 4. The van der Waals surface area contributed by atoms with Crippen LogP contribution in [0.5, 0.6) is 11.5 Å². The van der Waals surface area contributed by atoms with E-state index in [-0.39, 0.29) is 23.4 Å². The molecule has 1 aromatic heterocycles. The molecule has 0 aliphatic rings. The number of aromatic hydroxyl groups is 1. The summed E-state index contributed by atoms with van der Waals surface area (Å²) in [4.78, 5) is 16.3. The Labute approximate surface area is 117 Å². The first-order valence-corrected chi connectivity index (χ1v) is 6.18. The number of phenols is 1. The SMILES string of the molecule is COc1cc(C(=O)NC(C)c2nccn2C)ccc1O. The van der Waals surface area contributed by atoms with Gasteiger partial charge in [0, 0.05) is 25.0 Å². The van der Waals surface area contributed by atoms with Crippen molar-refractivity contribution in [3.63, 3.8) is 0 Å². The van der Waals surface area contributed by atoms with Crippen molar-refractivity contribution in [1.29, 1.82) is 0 Å². The molecule has 0 fully saturated rings. The maximum absolute atomic E-state index is 12.2. The molecule has 6 nitrogen and oxygen atoms in total. The van der Waals surface area contributed by atoms with Gasteiger partial charge < -0.3 is 19.7 Å². The van der Waals surface area contributed by atoms with E-state index in [1.54, 1.807) is 12.3 Å². The fraction of sp³-hybridized carbons (Fsp3) is 0.286. The van der Waals surface area contributed by atoms with Crippen LogP contribution in [-0.4, -0.2) is 27.7 Å². The molecule has 1 unspecified atom stereocenters. The van der Waals surface area contributed by atoms with E-state index < -0.39 is 0 Å². The molecule has 0 bridgehead atoms. The van der Waals surface area contributed by atoms with E-state index >= 15 is 0 Å². The first-order chi connectivity index (χ1) is 9.52. The van der Waals surface area contributed by atoms with Crippen LogP contribution >= 0.6 is 0 Å². The van der Waals surface area contributed by atoms with Gasteiger partial charge in [0.25, 0.3) is 5.91 Å². The number of carbonyl (C=O) groups excluding carboxylic acids is 1. The average Bonchev–Trinajstić information content (AvgIpc) is 2.85. The number of aryl methyl sites for hydroxylation is 1. The van der Waals surface area contributed by atoms with Gasteiger partial charge in [0.05, 0.1) is 13.2 Å². The van der Waals surface area contributed by atoms with Crippen LogP contribution in [-0.2, 0) is 7.05 Å². The molecule has 1 atom stereocenters. The van der Waals surface area contributed by atoms with Crippen molar-refractivity contribution in [2.24, 2.45) is 7.05 Å². The first kappa shape index (κ1) is 13.9. The fourth-order valence-corrected chi connectivity index (χ4v) is 1.96. The van der Waals surface area contributed by atoms with Crippen molar-refractivity contribution in [2.45, 2.75) is 13.0 Å². The van der Waals surface area contributed by atoms with Crippen LogP contribution < -0.4 is 10.1 Å². The minimum atomic E-state index is -0.251. The normalized spacial score (nSPS) is 11.9. The van der Waals surface area contributed by atoms with Gasteiger partial charge >= 0.3 is 0 Å². The molecule has 106 valence electrons. The number of methoxy groups -OCH3 is 1. The number of ether oxygens (including phenoxy) is 1. The molecule has 0 aliphatic carbocycles. The van der Waals surface area contributed by atoms with E-state index in [0.29, 0.717) is 5.56 Å². The maximum Gasteiger partial charge on any atom is 0.251 e. The van der Waals surface area contributed by atoms with Crippen LogP contribution in [0.4, 0.5) is 0 Å². The third kappa shape index (κ3) is 2.74. The molecule has 0 saturated carbocycles. The van der Waals surface area contributed by atoms with E-state index in [1.165, 1.54) is 19.2 Å². The predicted octanol–water partition coefficient (Wildman–Crippen LogP) is 1.63. The molecule has 1 aromatic carbocycles. The average molecular weight is 275 g/mol. The zero-order valence-electron chi connectivity index (χ0n) is 11.6. The van der Waals surface area contributed by atoms with Gasteiger partial charge in [0.1, 0.15) is 5.82 Å². The summed E-state index contributed by atoms with van der Waals surface area (Å²) < 4.78 is 6.84. The quantitative estimate of drug-likeness (QED) is 0.889. The number of benzene rings is 1. The minimum Gasteiger partial charge on any atom is -0.504 e. The number of phenolic OH excluding ortho intramolecular Hbond substituents is 1. The standard InChI is InChI=1S/C14H17N3O3/c1-9(13-15-6-7-17(13)2)16-14(19)10-4-5-11(18)12(8-10)20-3/h4-9,18H,1-3H3,(H,16,19). The van der Waals surface area contributed by atoms with E-state index in [2.05, 4.69) is 10.3 Å². The van der Waals surface area contributed by atoms with Crippen molar-refractivity contribution >= 4 is 5.91 Å². The zero-order valence-corrected chi connectivity index (χ0v) is 11.6. The lowest BCUT2D eigenvalue weighted by atomic mass is 10.1. The van der Waals surface area contributed by atoms with Gasteiger partial charge in [-0.05, 0) is 25.1 Å². The molecule has 0 radical (unpaired) electrons. The van der Waals surface area contributed by atoms with Gasteiger partial charge in [-0.25, -0.2) is 4.98 Å². The largest absolute Gasteiger partial charge is 0.504 e. The molecule has 0 saturated heterocycles. The number of hydrogen-bond acceptors (Lipinski definition) is 4. The highest BCUT2D eigenvalue weighted by molar-refractivity contribution is 5.95. The Morgan fingerprint density at radius 1 is 1.50 bits per heavy atom. The second-order valence-corrected chi connectivity index (χ2v) is 4.48. The van der Waals surface area contributed by atoms with E-state index in [9.17, 15) is 9.90 Å². The molecule has 0 spiro atoms. The highest BCUT2D eigenvalue weighted by atomic mass is 16.5. The second-order valence-electron chi connectivity index (χ2n) is 4.48. The molecule has 0 aliphatic heterocycles. The summed E-state index contributed by atoms with van der Waals surface area (Å²) in [5.74, 6) is 0.784. The lowest BCUT2D eigenvalue weighted by Crippen LogP contribution is -2.28. The van der Waals surface area contributed by atoms with Crippen LogP contribution in [0.1, 0.15) is 29.1 Å². The molecule has 2 N–H and O–H groups in total. The first-order valence-electron chi connectivity index (χ1n) is 6.18. The van der Waals surface area contributed by atoms with Gasteiger partial charge in [-0.3, -0.25) is 4.79 Å². The lowest BCUT2D eigenvalue weighted by Gasteiger charge is -2.14. The Balaban J connectivity index is 2.14. The minimum absolute atomic E-state index is 0.00111. The van der Waals surface area contributed by atoms with Crippen LogP contribution in [0.3, 0.4) is 0 Å². The van der Waals surface area contributed by atoms with Gasteiger partial charge in [0.2, 0.25) is 0 Å². The fourth-order valence-electron chi connectivity index (χ4n) is 1.96. The van der Waals surface area contributed by atoms with Crippen molar-refractivity contribution in [1.82, 2.24) is 14.9 Å². The van der Waals surface area contributed by atoms with Gasteiger partial charge in [-0.1, -0.05) is 0 Å². The summed E-state index contributed by atoms with van der Waals surface area (Å²) in [6, 6.07) is 4.25. The zero-order chi connectivity index (χ0) is 14.7. The molecule has 1 heterocycles. The van der Waals surface area contributed by atoms with Gasteiger partial charge in [-0.15, -0.1) is 0 Å². The third-order valence-electron chi connectivity index (χ3n) is 3.04. The van der Waals surface area contributed by atoms with Gasteiger partial charge in [-0.2, -0.15) is 0 Å². The molecule has 6 heteroatoms. The Morgan fingerprint density at radius 3 is 2.85 bits per heavy atom. The monoisotopic (exact) mass is 275 g/mol. The number of amides is 1. The summed E-state index contributed by atoms with van der Waals surface area (Å²) in [5.41, 5.74) is 0.417. The second kappa shape index (κ2) is 5.64. The summed E-state index contributed by atoms with van der Waals surface area (Å²) in [6.07, 6.45) is 3.50. The van der Waals surface area contributed by atoms with Crippen molar-refractivity contribution < 1.29 is 14.6 Å². The lowest BCUT2D eigenvalue weighted by molar-refractivity contribution is 0.0937. The van der Waals surface area contributed by atoms with Gasteiger partial charge in [0.15, 0.2) is 11.5 Å². The molecule has 2 aromatic rings. The highest BCUT2D eigenvalue weighted by Crippen LogP contribution is 2.26.